The number of β-amino-alcohol motifs (C(OH)–C–C–N with tert-alkyl or cyclic N) is 1. The highest BCUT2D eigenvalue weighted by molar-refractivity contribution is 5.56. The summed E-state index contributed by atoms with van der Waals surface area (Å²) < 4.78 is 5.41. The van der Waals surface area contributed by atoms with E-state index in [0.29, 0.717) is 19.6 Å². The fraction of sp³-hybridized carbons (Fsp3) is 0.400. The first-order valence-electron chi connectivity index (χ1n) is 6.77. The van der Waals surface area contributed by atoms with Gasteiger partial charge in [-0.1, -0.05) is 24.8 Å². The summed E-state index contributed by atoms with van der Waals surface area (Å²) in [7, 11) is 0. The fourth-order valence-electron chi connectivity index (χ4n) is 2.45. The number of carbonyl (C=O) groups is 1. The molecule has 1 aromatic rings. The molecule has 0 bridgehead atoms. The van der Waals surface area contributed by atoms with Gasteiger partial charge in [-0.25, -0.2) is 4.79 Å². The van der Waals surface area contributed by atoms with Gasteiger partial charge in [0.1, 0.15) is 12.4 Å². The van der Waals surface area contributed by atoms with E-state index in [-0.39, 0.29) is 12.5 Å². The van der Waals surface area contributed by atoms with Gasteiger partial charge in [0, 0.05) is 12.5 Å². The van der Waals surface area contributed by atoms with Crippen LogP contribution in [0.25, 0.3) is 0 Å². The summed E-state index contributed by atoms with van der Waals surface area (Å²) in [6.07, 6.45) is 0.277. The molecule has 1 fully saturated rings. The second kappa shape index (κ2) is 7.10. The lowest BCUT2D eigenvalue weighted by Crippen LogP contribution is -2.43. The number of aliphatic hydroxyl groups excluding tert-OH is 1. The van der Waals surface area contributed by atoms with E-state index in [2.05, 4.69) is 11.4 Å². The van der Waals surface area contributed by atoms with Gasteiger partial charge in [-0.3, -0.25) is 0 Å². The van der Waals surface area contributed by atoms with E-state index in [1.54, 1.807) is 6.08 Å². The largest absolute Gasteiger partial charge is 0.525 e. The van der Waals surface area contributed by atoms with Crippen molar-refractivity contribution in [1.82, 2.24) is 5.06 Å². The van der Waals surface area contributed by atoms with Crippen LogP contribution in [-0.4, -0.2) is 47.2 Å². The minimum Gasteiger partial charge on any atom is -0.490 e. The van der Waals surface area contributed by atoms with Crippen LogP contribution < -0.4 is 4.74 Å². The maximum absolute atomic E-state index is 10.5. The summed E-state index contributed by atoms with van der Waals surface area (Å²) in [4.78, 5) is 15.1. The molecule has 0 radical (unpaired) electrons. The first-order valence-corrected chi connectivity index (χ1v) is 6.77. The van der Waals surface area contributed by atoms with Crippen molar-refractivity contribution in [3.63, 3.8) is 0 Å². The molecule has 6 nitrogen and oxygen atoms in total. The van der Waals surface area contributed by atoms with Crippen molar-refractivity contribution in [2.45, 2.75) is 18.4 Å². The number of benzene rings is 1. The lowest BCUT2D eigenvalue weighted by atomic mass is 9.88. The molecule has 1 heterocycles. The van der Waals surface area contributed by atoms with Crippen LogP contribution in [0, 0.1) is 0 Å². The molecule has 6 heteroatoms. The van der Waals surface area contributed by atoms with E-state index in [4.69, 9.17) is 9.84 Å². The average molecular weight is 293 g/mol. The molecular formula is C15H19NO5. The molecular weight excluding hydrogens is 274 g/mol. The van der Waals surface area contributed by atoms with Crippen LogP contribution in [0.5, 0.6) is 5.75 Å². The fourth-order valence-corrected chi connectivity index (χ4v) is 2.45. The Balaban J connectivity index is 1.96. The zero-order chi connectivity index (χ0) is 15.2. The maximum Gasteiger partial charge on any atom is 0.525 e. The lowest BCUT2D eigenvalue weighted by Gasteiger charge is -2.34. The zero-order valence-electron chi connectivity index (χ0n) is 11.6. The monoisotopic (exact) mass is 293 g/mol. The van der Waals surface area contributed by atoms with E-state index >= 15 is 0 Å². The number of nitrogens with zero attached hydrogens (tertiary/aromatic N) is 1. The SMILES string of the molecule is C=CCOc1ccc(C2CCN(OC(=O)O)CC2O)cc1. The van der Waals surface area contributed by atoms with Gasteiger partial charge in [0.05, 0.1) is 12.6 Å². The molecule has 0 saturated carbocycles. The van der Waals surface area contributed by atoms with E-state index in [1.807, 2.05) is 24.3 Å². The molecule has 1 aliphatic heterocycles. The number of carboxylic acid groups (broad SMARTS) is 1. The average Bonchev–Trinajstić information content (AvgIpc) is 2.45. The molecule has 0 aromatic heterocycles. The Bertz CT molecular complexity index is 487. The van der Waals surface area contributed by atoms with Crippen molar-refractivity contribution in [3.8, 4) is 5.75 Å². The van der Waals surface area contributed by atoms with Crippen LogP contribution in [0.4, 0.5) is 4.79 Å². The molecule has 1 aromatic carbocycles. The van der Waals surface area contributed by atoms with Crippen molar-refractivity contribution in [2.75, 3.05) is 19.7 Å². The second-order valence-corrected chi connectivity index (χ2v) is 4.88. The highest BCUT2D eigenvalue weighted by Crippen LogP contribution is 2.29. The third-order valence-corrected chi connectivity index (χ3v) is 3.43. The van der Waals surface area contributed by atoms with Crippen LogP contribution in [-0.2, 0) is 4.84 Å². The number of aliphatic hydroxyl groups is 1. The Morgan fingerprint density at radius 2 is 2.14 bits per heavy atom. The molecule has 2 rings (SSSR count). The quantitative estimate of drug-likeness (QED) is 0.808. The molecule has 1 saturated heterocycles. The summed E-state index contributed by atoms with van der Waals surface area (Å²) in [5, 5.41) is 20.0. The molecule has 1 aliphatic rings. The Kier molecular flexibility index (Phi) is 5.19. The molecule has 0 amide bonds. The van der Waals surface area contributed by atoms with Crippen LogP contribution in [0.1, 0.15) is 17.9 Å². The number of hydroxylamine groups is 2. The van der Waals surface area contributed by atoms with Gasteiger partial charge >= 0.3 is 6.16 Å². The van der Waals surface area contributed by atoms with Gasteiger partial charge in [-0.2, -0.15) is 0 Å². The minimum atomic E-state index is -1.36. The highest BCUT2D eigenvalue weighted by atomic mass is 16.8. The number of ether oxygens (including phenoxy) is 1. The van der Waals surface area contributed by atoms with Crippen molar-refractivity contribution >= 4 is 6.16 Å². The number of piperidine rings is 1. The van der Waals surface area contributed by atoms with E-state index in [0.717, 1.165) is 11.3 Å². The van der Waals surface area contributed by atoms with Crippen LogP contribution in [0.3, 0.4) is 0 Å². The van der Waals surface area contributed by atoms with Gasteiger partial charge in [-0.15, -0.1) is 5.06 Å². The Morgan fingerprint density at radius 1 is 1.43 bits per heavy atom. The van der Waals surface area contributed by atoms with E-state index in [9.17, 15) is 9.90 Å². The Labute approximate surface area is 123 Å². The summed E-state index contributed by atoms with van der Waals surface area (Å²) >= 11 is 0. The molecule has 2 unspecified atom stereocenters. The Morgan fingerprint density at radius 3 is 2.71 bits per heavy atom. The van der Waals surface area contributed by atoms with Gasteiger partial charge in [0.2, 0.25) is 0 Å². The first-order chi connectivity index (χ1) is 10.1. The summed E-state index contributed by atoms with van der Waals surface area (Å²) in [6.45, 7) is 4.67. The van der Waals surface area contributed by atoms with Crippen molar-refractivity contribution < 1.29 is 24.6 Å². The van der Waals surface area contributed by atoms with E-state index in [1.165, 1.54) is 5.06 Å². The van der Waals surface area contributed by atoms with Crippen molar-refractivity contribution in [2.24, 2.45) is 0 Å². The smallest absolute Gasteiger partial charge is 0.490 e. The minimum absolute atomic E-state index is 0.0351. The second-order valence-electron chi connectivity index (χ2n) is 4.88. The number of hydrogen-bond acceptors (Lipinski definition) is 5. The first kappa shape index (κ1) is 15.3. The standard InChI is InChI=1S/C15H19NO5/c1-2-9-20-12-5-3-11(4-6-12)13-7-8-16(10-14(13)17)21-15(18)19/h2-6,13-14,17H,1,7-10H2,(H,18,19). The number of rotatable bonds is 5. The molecule has 21 heavy (non-hydrogen) atoms. The predicted octanol–water partition coefficient (Wildman–Crippen LogP) is 2.01. The maximum atomic E-state index is 10.5. The summed E-state index contributed by atoms with van der Waals surface area (Å²) in [5.41, 5.74) is 1.00. The van der Waals surface area contributed by atoms with Gasteiger partial charge in [0.25, 0.3) is 0 Å². The van der Waals surface area contributed by atoms with E-state index < -0.39 is 12.3 Å². The van der Waals surface area contributed by atoms with Crippen LogP contribution in [0.15, 0.2) is 36.9 Å². The summed E-state index contributed by atoms with van der Waals surface area (Å²) in [5.74, 6) is 0.715. The molecule has 2 atom stereocenters. The third-order valence-electron chi connectivity index (χ3n) is 3.43. The molecule has 114 valence electrons. The van der Waals surface area contributed by atoms with Crippen LogP contribution >= 0.6 is 0 Å². The summed E-state index contributed by atoms with van der Waals surface area (Å²) in [6, 6.07) is 7.54. The zero-order valence-corrected chi connectivity index (χ0v) is 11.6. The Hall–Kier alpha value is -2.05. The molecule has 0 spiro atoms. The third kappa shape index (κ3) is 4.21. The lowest BCUT2D eigenvalue weighted by molar-refractivity contribution is -0.154. The van der Waals surface area contributed by atoms with Gasteiger partial charge in [0.15, 0.2) is 0 Å². The van der Waals surface area contributed by atoms with Gasteiger partial charge < -0.3 is 19.8 Å². The molecule has 2 N–H and O–H groups in total. The predicted molar refractivity (Wildman–Crippen MR) is 76.2 cm³/mol. The normalized spacial score (nSPS) is 22.5. The highest BCUT2D eigenvalue weighted by Gasteiger charge is 2.30. The topological polar surface area (TPSA) is 79.2 Å². The van der Waals surface area contributed by atoms with Crippen molar-refractivity contribution in [1.29, 1.82) is 0 Å². The van der Waals surface area contributed by atoms with Crippen LogP contribution in [0.2, 0.25) is 0 Å². The molecule has 0 aliphatic carbocycles. The number of hydrogen-bond donors (Lipinski definition) is 2. The van der Waals surface area contributed by atoms with Gasteiger partial charge in [-0.05, 0) is 24.1 Å². The van der Waals surface area contributed by atoms with Crippen molar-refractivity contribution in [3.05, 3.63) is 42.5 Å².